The SMILES string of the molecule is CCOC(C=O)CC.[KH]. The molecule has 0 saturated carbocycles. The summed E-state index contributed by atoms with van der Waals surface area (Å²) in [5, 5.41) is 0. The van der Waals surface area contributed by atoms with E-state index in [1.54, 1.807) is 0 Å². The number of hydrogen-bond donors (Lipinski definition) is 0. The van der Waals surface area contributed by atoms with Gasteiger partial charge in [0.2, 0.25) is 0 Å². The molecule has 0 aromatic heterocycles. The second kappa shape index (κ2) is 9.27. The maximum absolute atomic E-state index is 10.0. The molecule has 2 nitrogen and oxygen atoms in total. The first-order valence-corrected chi connectivity index (χ1v) is 2.92. The summed E-state index contributed by atoms with van der Waals surface area (Å²) in [6.45, 7) is 4.43. The van der Waals surface area contributed by atoms with Gasteiger partial charge in [-0.1, -0.05) is 6.92 Å². The molecule has 0 saturated heterocycles. The van der Waals surface area contributed by atoms with E-state index in [9.17, 15) is 4.79 Å². The van der Waals surface area contributed by atoms with Gasteiger partial charge in [0.1, 0.15) is 12.4 Å². The fourth-order valence-electron chi connectivity index (χ4n) is 0.467. The van der Waals surface area contributed by atoms with E-state index in [1.807, 2.05) is 13.8 Å². The summed E-state index contributed by atoms with van der Waals surface area (Å²) in [5.41, 5.74) is 0. The zero-order valence-electron chi connectivity index (χ0n) is 5.39. The van der Waals surface area contributed by atoms with Crippen molar-refractivity contribution < 1.29 is 9.53 Å². The Balaban J connectivity index is 0. The molecule has 0 aromatic carbocycles. The minimum atomic E-state index is -0.181. The van der Waals surface area contributed by atoms with E-state index in [4.69, 9.17) is 4.74 Å². The van der Waals surface area contributed by atoms with Gasteiger partial charge in [-0.3, -0.25) is 0 Å². The van der Waals surface area contributed by atoms with Crippen molar-refractivity contribution in [3.63, 3.8) is 0 Å². The zero-order chi connectivity index (χ0) is 6.41. The van der Waals surface area contributed by atoms with E-state index in [1.165, 1.54) is 0 Å². The van der Waals surface area contributed by atoms with Crippen molar-refractivity contribution in [2.45, 2.75) is 26.4 Å². The fourth-order valence-corrected chi connectivity index (χ4v) is 0.467. The van der Waals surface area contributed by atoms with E-state index >= 15 is 0 Å². The first-order chi connectivity index (χ1) is 3.85. The van der Waals surface area contributed by atoms with Crippen molar-refractivity contribution in [2.24, 2.45) is 0 Å². The third-order valence-corrected chi connectivity index (χ3v) is 0.935. The molecule has 0 fully saturated rings. The van der Waals surface area contributed by atoms with Gasteiger partial charge in [-0.15, -0.1) is 0 Å². The monoisotopic (exact) mass is 156 g/mol. The van der Waals surface area contributed by atoms with Crippen molar-refractivity contribution in [1.29, 1.82) is 0 Å². The molecule has 0 radical (unpaired) electrons. The zero-order valence-corrected chi connectivity index (χ0v) is 5.39. The fraction of sp³-hybridized carbons (Fsp3) is 0.833. The van der Waals surface area contributed by atoms with Gasteiger partial charge in [-0.25, -0.2) is 0 Å². The molecule has 0 aliphatic rings. The Labute approximate surface area is 98.8 Å². The third-order valence-electron chi connectivity index (χ3n) is 0.935. The van der Waals surface area contributed by atoms with E-state index in [0.717, 1.165) is 12.7 Å². The first kappa shape index (κ1) is 12.9. The Morgan fingerprint density at radius 2 is 2.11 bits per heavy atom. The molecule has 0 rings (SSSR count). The van der Waals surface area contributed by atoms with Gasteiger partial charge in [0.15, 0.2) is 0 Å². The summed E-state index contributed by atoms with van der Waals surface area (Å²) in [5.74, 6) is 0. The Bertz CT molecular complexity index is 66.1. The van der Waals surface area contributed by atoms with Gasteiger partial charge in [0, 0.05) is 6.61 Å². The second-order valence-corrected chi connectivity index (χ2v) is 1.54. The number of ether oxygens (including phenoxy) is 1. The third kappa shape index (κ3) is 7.16. The van der Waals surface area contributed by atoms with Crippen LogP contribution >= 0.6 is 0 Å². The van der Waals surface area contributed by atoms with Gasteiger partial charge >= 0.3 is 51.4 Å². The van der Waals surface area contributed by atoms with Gasteiger partial charge in [0.25, 0.3) is 0 Å². The number of carbonyl (C=O) groups is 1. The van der Waals surface area contributed by atoms with Crippen LogP contribution in [-0.2, 0) is 9.53 Å². The van der Waals surface area contributed by atoms with Crippen molar-refractivity contribution in [3.05, 3.63) is 0 Å². The van der Waals surface area contributed by atoms with Crippen LogP contribution in [0.25, 0.3) is 0 Å². The van der Waals surface area contributed by atoms with Crippen molar-refractivity contribution in [2.75, 3.05) is 6.61 Å². The molecule has 1 unspecified atom stereocenters. The van der Waals surface area contributed by atoms with Crippen LogP contribution in [-0.4, -0.2) is 70.4 Å². The average molecular weight is 156 g/mol. The number of rotatable bonds is 4. The molecule has 1 atom stereocenters. The molecule has 0 bridgehead atoms. The van der Waals surface area contributed by atoms with Gasteiger partial charge in [-0.05, 0) is 13.3 Å². The summed E-state index contributed by atoms with van der Waals surface area (Å²) in [6.07, 6.45) is 1.43. The molecule has 9 heavy (non-hydrogen) atoms. The van der Waals surface area contributed by atoms with Crippen LogP contribution in [0, 0.1) is 0 Å². The molecule has 3 heteroatoms. The summed E-state index contributed by atoms with van der Waals surface area (Å²) in [7, 11) is 0. The van der Waals surface area contributed by atoms with E-state index in [-0.39, 0.29) is 57.5 Å². The normalized spacial score (nSPS) is 11.8. The van der Waals surface area contributed by atoms with Crippen LogP contribution in [0.3, 0.4) is 0 Å². The predicted octanol–water partition coefficient (Wildman–Crippen LogP) is 0.352. The van der Waals surface area contributed by atoms with Crippen LogP contribution in [0.4, 0.5) is 0 Å². The Morgan fingerprint density at radius 1 is 1.56 bits per heavy atom. The molecule has 50 valence electrons. The van der Waals surface area contributed by atoms with Crippen molar-refractivity contribution in [3.8, 4) is 0 Å². The van der Waals surface area contributed by atoms with Crippen LogP contribution in [0.5, 0.6) is 0 Å². The molecule has 0 N–H and O–H groups in total. The minimum absolute atomic E-state index is 0. The average Bonchev–Trinajstić information content (AvgIpc) is 1.83. The Hall–Kier alpha value is 1.27. The van der Waals surface area contributed by atoms with Crippen LogP contribution in [0.1, 0.15) is 20.3 Å². The molecular weight excluding hydrogens is 143 g/mol. The van der Waals surface area contributed by atoms with E-state index in [0.29, 0.717) is 6.61 Å². The first-order valence-electron chi connectivity index (χ1n) is 2.92. The summed E-state index contributed by atoms with van der Waals surface area (Å²) < 4.78 is 4.97. The molecule has 0 aromatic rings. The molecule has 0 heterocycles. The van der Waals surface area contributed by atoms with Crippen LogP contribution in [0.15, 0.2) is 0 Å². The van der Waals surface area contributed by atoms with Gasteiger partial charge in [-0.2, -0.15) is 0 Å². The van der Waals surface area contributed by atoms with Crippen molar-refractivity contribution in [1.82, 2.24) is 0 Å². The molecule has 0 spiro atoms. The Kier molecular flexibility index (Phi) is 13.3. The van der Waals surface area contributed by atoms with Gasteiger partial charge in [0.05, 0.1) is 0 Å². The maximum atomic E-state index is 10.0. The number of carbonyl (C=O) groups excluding carboxylic acids is 1. The van der Waals surface area contributed by atoms with Crippen LogP contribution in [0.2, 0.25) is 0 Å². The van der Waals surface area contributed by atoms with Gasteiger partial charge < -0.3 is 9.53 Å². The molecule has 0 aliphatic carbocycles. The summed E-state index contributed by atoms with van der Waals surface area (Å²) in [6, 6.07) is 0. The van der Waals surface area contributed by atoms with Crippen molar-refractivity contribution >= 4 is 57.7 Å². The second-order valence-electron chi connectivity index (χ2n) is 1.54. The molecular formula is C6H13KO2. The van der Waals surface area contributed by atoms with E-state index in [2.05, 4.69) is 0 Å². The number of aldehydes is 1. The predicted molar refractivity (Wildman–Crippen MR) is 38.9 cm³/mol. The quantitative estimate of drug-likeness (QED) is 0.434. The molecule has 0 aliphatic heterocycles. The van der Waals surface area contributed by atoms with E-state index < -0.39 is 0 Å². The topological polar surface area (TPSA) is 26.3 Å². The number of hydrogen-bond acceptors (Lipinski definition) is 2. The summed E-state index contributed by atoms with van der Waals surface area (Å²) >= 11 is 0. The molecule has 0 amide bonds. The summed E-state index contributed by atoms with van der Waals surface area (Å²) in [4.78, 5) is 10.0. The van der Waals surface area contributed by atoms with Crippen LogP contribution < -0.4 is 0 Å². The Morgan fingerprint density at radius 3 is 2.22 bits per heavy atom. The standard InChI is InChI=1S/C6H12O2.K.H/c1-3-6(5-7)8-4-2;;/h5-6H,3-4H2,1-2H3;;.